The average Bonchev–Trinajstić information content (AvgIpc) is 2.98. The zero-order valence-corrected chi connectivity index (χ0v) is 28.7. The Balaban J connectivity index is 5.16. The zero-order chi connectivity index (χ0) is 31.6. The Kier molecular flexibility index (Phi) is 25.9. The van der Waals surface area contributed by atoms with Gasteiger partial charge in [0.2, 0.25) is 5.91 Å². The lowest BCUT2D eigenvalue weighted by molar-refractivity contribution is -0.152. The molecule has 7 nitrogen and oxygen atoms in total. The Morgan fingerprint density at radius 2 is 1.00 bits per heavy atom. The van der Waals surface area contributed by atoms with Crippen molar-refractivity contribution in [3.63, 3.8) is 0 Å². The van der Waals surface area contributed by atoms with E-state index in [-0.39, 0.29) is 48.9 Å². The molecule has 0 spiro atoms. The van der Waals surface area contributed by atoms with Crippen LogP contribution >= 0.6 is 0 Å². The topological polar surface area (TPSA) is 76.1 Å². The molecular weight excluding hydrogens is 528 g/mol. The number of carbonyl (C=O) groups is 3. The second-order valence-corrected chi connectivity index (χ2v) is 12.2. The third-order valence-electron chi connectivity index (χ3n) is 8.58. The molecule has 0 fully saturated rings. The van der Waals surface area contributed by atoms with E-state index in [1.165, 1.54) is 25.7 Å². The fraction of sp³-hybridized carbons (Fsp3) is 0.914. The van der Waals surface area contributed by atoms with Gasteiger partial charge in [0.25, 0.3) is 0 Å². The summed E-state index contributed by atoms with van der Waals surface area (Å²) in [5.74, 6) is -0.413. The highest BCUT2D eigenvalue weighted by Crippen LogP contribution is 2.20. The zero-order valence-electron chi connectivity index (χ0n) is 28.7. The number of ether oxygens (including phenoxy) is 2. The highest BCUT2D eigenvalue weighted by atomic mass is 16.5. The van der Waals surface area contributed by atoms with Crippen LogP contribution in [0.3, 0.4) is 0 Å². The largest absolute Gasteiger partial charge is 0.464 e. The Hall–Kier alpha value is -1.63. The van der Waals surface area contributed by atoms with Crippen LogP contribution in [0.5, 0.6) is 0 Å². The van der Waals surface area contributed by atoms with Crippen LogP contribution in [0.1, 0.15) is 151 Å². The molecule has 1 amide bonds. The second-order valence-electron chi connectivity index (χ2n) is 12.2. The molecule has 0 saturated heterocycles. The number of esters is 2. The van der Waals surface area contributed by atoms with Crippen LogP contribution < -0.4 is 0 Å². The van der Waals surface area contributed by atoms with E-state index in [1.807, 2.05) is 14.0 Å². The maximum absolute atomic E-state index is 13.3. The average molecular weight is 597 g/mol. The molecular formula is C35H68N2O5. The lowest BCUT2D eigenvalue weighted by atomic mass is 9.95. The molecule has 0 aromatic heterocycles. The first-order chi connectivity index (χ1) is 20.2. The maximum atomic E-state index is 13.3. The van der Waals surface area contributed by atoms with Gasteiger partial charge in [0.15, 0.2) is 0 Å². The molecule has 0 aliphatic carbocycles. The third-order valence-corrected chi connectivity index (χ3v) is 8.58. The fourth-order valence-corrected chi connectivity index (χ4v) is 5.26. The molecule has 0 aliphatic heterocycles. The molecule has 0 radical (unpaired) electrons. The molecule has 3 atom stereocenters. The smallest absolute Gasteiger partial charge is 0.308 e. The first-order valence-electron chi connectivity index (χ1n) is 17.6. The van der Waals surface area contributed by atoms with Gasteiger partial charge in [-0.25, -0.2) is 0 Å². The Labute approximate surface area is 259 Å². The molecule has 3 unspecified atom stereocenters. The SMILES string of the molecule is CCCCCCC(CCCC)C(=O)OCCN(CCOC(=O)C(CCCC)CCCCCC)C(=O)CC(C)N(C)CC. The van der Waals surface area contributed by atoms with E-state index in [0.717, 1.165) is 83.6 Å². The lowest BCUT2D eigenvalue weighted by Gasteiger charge is -2.28. The van der Waals surface area contributed by atoms with E-state index >= 15 is 0 Å². The van der Waals surface area contributed by atoms with Crippen LogP contribution in [0.25, 0.3) is 0 Å². The molecule has 0 aliphatic rings. The fourth-order valence-electron chi connectivity index (χ4n) is 5.26. The maximum Gasteiger partial charge on any atom is 0.308 e. The van der Waals surface area contributed by atoms with Crippen molar-refractivity contribution in [1.29, 1.82) is 0 Å². The van der Waals surface area contributed by atoms with E-state index < -0.39 is 0 Å². The van der Waals surface area contributed by atoms with Crippen molar-refractivity contribution in [2.75, 3.05) is 39.9 Å². The summed E-state index contributed by atoms with van der Waals surface area (Å²) in [6.07, 6.45) is 17.1. The first kappa shape index (κ1) is 40.4. The summed E-state index contributed by atoms with van der Waals surface area (Å²) in [6, 6.07) is 0.0955. The van der Waals surface area contributed by atoms with E-state index in [0.29, 0.717) is 19.5 Å². The molecule has 0 heterocycles. The monoisotopic (exact) mass is 597 g/mol. The van der Waals surface area contributed by atoms with Crippen LogP contribution in [0.15, 0.2) is 0 Å². The second kappa shape index (κ2) is 27.0. The van der Waals surface area contributed by atoms with Gasteiger partial charge in [-0.2, -0.15) is 0 Å². The number of nitrogens with zero attached hydrogens (tertiary/aromatic N) is 2. The summed E-state index contributed by atoms with van der Waals surface area (Å²) in [6.45, 7) is 14.6. The number of hydrogen-bond acceptors (Lipinski definition) is 6. The quantitative estimate of drug-likeness (QED) is 0.0670. The van der Waals surface area contributed by atoms with Gasteiger partial charge in [-0.05, 0) is 46.2 Å². The lowest BCUT2D eigenvalue weighted by Crippen LogP contribution is -2.41. The summed E-state index contributed by atoms with van der Waals surface area (Å²) in [5.41, 5.74) is 0. The van der Waals surface area contributed by atoms with Gasteiger partial charge in [-0.3, -0.25) is 14.4 Å². The minimum atomic E-state index is -0.139. The molecule has 0 aromatic carbocycles. The van der Waals surface area contributed by atoms with Crippen molar-refractivity contribution in [2.45, 2.75) is 157 Å². The summed E-state index contributed by atoms with van der Waals surface area (Å²) in [4.78, 5) is 43.1. The van der Waals surface area contributed by atoms with Crippen molar-refractivity contribution < 1.29 is 23.9 Å². The van der Waals surface area contributed by atoms with Gasteiger partial charge in [-0.1, -0.05) is 112 Å². The highest BCUT2D eigenvalue weighted by molar-refractivity contribution is 5.77. The summed E-state index contributed by atoms with van der Waals surface area (Å²) in [5, 5.41) is 0. The van der Waals surface area contributed by atoms with E-state index in [2.05, 4.69) is 39.5 Å². The number of carbonyl (C=O) groups excluding carboxylic acids is 3. The molecule has 0 N–H and O–H groups in total. The van der Waals surface area contributed by atoms with Gasteiger partial charge in [0.05, 0.1) is 24.9 Å². The minimum absolute atomic E-state index is 0.000838. The van der Waals surface area contributed by atoms with Crippen molar-refractivity contribution in [3.8, 4) is 0 Å². The van der Waals surface area contributed by atoms with Crippen molar-refractivity contribution in [1.82, 2.24) is 9.80 Å². The van der Waals surface area contributed by atoms with Gasteiger partial charge >= 0.3 is 11.9 Å². The van der Waals surface area contributed by atoms with E-state index in [1.54, 1.807) is 4.90 Å². The van der Waals surface area contributed by atoms with Crippen LogP contribution in [0.2, 0.25) is 0 Å². The third kappa shape index (κ3) is 19.5. The summed E-state index contributed by atoms with van der Waals surface area (Å²) >= 11 is 0. The van der Waals surface area contributed by atoms with Crippen LogP contribution in [0.4, 0.5) is 0 Å². The predicted octanol–water partition coefficient (Wildman–Crippen LogP) is 8.19. The molecule has 0 saturated carbocycles. The molecule has 42 heavy (non-hydrogen) atoms. The summed E-state index contributed by atoms with van der Waals surface area (Å²) < 4.78 is 11.5. The van der Waals surface area contributed by atoms with Crippen LogP contribution in [0, 0.1) is 11.8 Å². The Morgan fingerprint density at radius 1 is 0.595 bits per heavy atom. The van der Waals surface area contributed by atoms with Crippen LogP contribution in [-0.4, -0.2) is 73.6 Å². The highest BCUT2D eigenvalue weighted by Gasteiger charge is 2.23. The van der Waals surface area contributed by atoms with Gasteiger partial charge < -0.3 is 19.3 Å². The molecule has 0 aromatic rings. The molecule has 0 rings (SSSR count). The Morgan fingerprint density at radius 3 is 1.38 bits per heavy atom. The number of unbranched alkanes of at least 4 members (excludes halogenated alkanes) is 8. The number of hydrogen-bond donors (Lipinski definition) is 0. The minimum Gasteiger partial charge on any atom is -0.464 e. The normalized spacial score (nSPS) is 13.5. The number of amides is 1. The van der Waals surface area contributed by atoms with Gasteiger partial charge in [-0.15, -0.1) is 0 Å². The van der Waals surface area contributed by atoms with Crippen molar-refractivity contribution >= 4 is 17.8 Å². The predicted molar refractivity (Wildman–Crippen MR) is 174 cm³/mol. The van der Waals surface area contributed by atoms with Crippen molar-refractivity contribution in [2.24, 2.45) is 11.8 Å². The standard InChI is InChI=1S/C35H68N2O5/c1-8-13-17-19-23-31(21-15-10-3)34(39)41-27-25-37(33(38)29-30(6)36(7)12-5)26-28-42-35(40)32(22-16-11-4)24-20-18-14-9-2/h30-32H,8-29H2,1-7H3. The van der Waals surface area contributed by atoms with E-state index in [9.17, 15) is 14.4 Å². The molecule has 0 bridgehead atoms. The molecule has 248 valence electrons. The number of rotatable bonds is 28. The van der Waals surface area contributed by atoms with E-state index in [4.69, 9.17) is 9.47 Å². The molecule has 7 heteroatoms. The van der Waals surface area contributed by atoms with Gasteiger partial charge in [0, 0.05) is 12.5 Å². The van der Waals surface area contributed by atoms with Crippen LogP contribution in [-0.2, 0) is 23.9 Å². The van der Waals surface area contributed by atoms with Crippen molar-refractivity contribution in [3.05, 3.63) is 0 Å². The summed E-state index contributed by atoms with van der Waals surface area (Å²) in [7, 11) is 2.01. The van der Waals surface area contributed by atoms with Gasteiger partial charge in [0.1, 0.15) is 13.2 Å². The Bertz CT molecular complexity index is 644. The first-order valence-corrected chi connectivity index (χ1v) is 17.6.